The molecule has 2 aromatic rings. The summed E-state index contributed by atoms with van der Waals surface area (Å²) in [6, 6.07) is 18.8. The second kappa shape index (κ2) is 9.35. The smallest absolute Gasteiger partial charge is 0.226 e. The number of amides is 1. The molecule has 1 unspecified atom stereocenters. The quantitative estimate of drug-likeness (QED) is 0.729. The molecule has 2 aliphatic rings. The monoisotopic (exact) mass is 378 g/mol. The van der Waals surface area contributed by atoms with Crippen LogP contribution in [0.4, 0.5) is 5.69 Å². The van der Waals surface area contributed by atoms with Crippen LogP contribution in [0.15, 0.2) is 54.6 Å². The van der Waals surface area contributed by atoms with Gasteiger partial charge in [0.2, 0.25) is 5.91 Å². The third-order valence-electron chi connectivity index (χ3n) is 5.86. The number of piperidine rings is 1. The molecule has 0 spiro atoms. The van der Waals surface area contributed by atoms with E-state index in [1.54, 1.807) is 0 Å². The van der Waals surface area contributed by atoms with Gasteiger partial charge < -0.3 is 14.5 Å². The summed E-state index contributed by atoms with van der Waals surface area (Å²) in [7, 11) is 0. The van der Waals surface area contributed by atoms with Gasteiger partial charge in [0, 0.05) is 38.3 Å². The first-order valence-electron chi connectivity index (χ1n) is 10.6. The number of benzene rings is 2. The van der Waals surface area contributed by atoms with Gasteiger partial charge in [-0.1, -0.05) is 48.5 Å². The van der Waals surface area contributed by atoms with Crippen LogP contribution in [0.1, 0.15) is 36.8 Å². The van der Waals surface area contributed by atoms with E-state index in [-0.39, 0.29) is 5.91 Å². The van der Waals surface area contributed by atoms with Crippen molar-refractivity contribution in [2.45, 2.75) is 44.8 Å². The lowest BCUT2D eigenvalue weighted by Crippen LogP contribution is -2.36. The topological polar surface area (TPSA) is 32.8 Å². The molecule has 2 saturated heterocycles. The maximum Gasteiger partial charge on any atom is 0.226 e. The number of ether oxygens (including phenoxy) is 1. The van der Waals surface area contributed by atoms with Crippen LogP contribution in [0, 0.1) is 0 Å². The summed E-state index contributed by atoms with van der Waals surface area (Å²) >= 11 is 0. The van der Waals surface area contributed by atoms with Crippen molar-refractivity contribution in [1.82, 2.24) is 4.90 Å². The highest BCUT2D eigenvalue weighted by Gasteiger charge is 2.24. The van der Waals surface area contributed by atoms with Gasteiger partial charge in [-0.3, -0.25) is 4.79 Å². The summed E-state index contributed by atoms with van der Waals surface area (Å²) in [4.78, 5) is 16.8. The van der Waals surface area contributed by atoms with E-state index in [2.05, 4.69) is 47.4 Å². The highest BCUT2D eigenvalue weighted by atomic mass is 16.5. The SMILES string of the molecule is O=C1CCCCN1c1ccccc1CCN1CCC(OCc2ccccc2)C1. The van der Waals surface area contributed by atoms with Gasteiger partial charge in [0.15, 0.2) is 0 Å². The number of nitrogens with zero attached hydrogens (tertiary/aromatic N) is 2. The van der Waals surface area contributed by atoms with Crippen LogP contribution in [-0.4, -0.2) is 43.1 Å². The maximum absolute atomic E-state index is 12.3. The Morgan fingerprint density at radius 1 is 0.964 bits per heavy atom. The Hall–Kier alpha value is -2.17. The van der Waals surface area contributed by atoms with Crippen LogP contribution < -0.4 is 4.90 Å². The van der Waals surface area contributed by atoms with Crippen molar-refractivity contribution in [3.8, 4) is 0 Å². The van der Waals surface area contributed by atoms with Crippen LogP contribution in [0.25, 0.3) is 0 Å². The van der Waals surface area contributed by atoms with Crippen molar-refractivity contribution >= 4 is 11.6 Å². The Labute approximate surface area is 168 Å². The summed E-state index contributed by atoms with van der Waals surface area (Å²) in [6.07, 6.45) is 5.20. The second-order valence-corrected chi connectivity index (χ2v) is 7.89. The molecular formula is C24H30N2O2. The van der Waals surface area contributed by atoms with Gasteiger partial charge in [-0.15, -0.1) is 0 Å². The average Bonchev–Trinajstić information content (AvgIpc) is 3.20. The van der Waals surface area contributed by atoms with Crippen molar-refractivity contribution < 1.29 is 9.53 Å². The van der Waals surface area contributed by atoms with Crippen LogP contribution >= 0.6 is 0 Å². The van der Waals surface area contributed by atoms with Crippen molar-refractivity contribution in [1.29, 1.82) is 0 Å². The van der Waals surface area contributed by atoms with Gasteiger partial charge in [0.1, 0.15) is 0 Å². The molecule has 4 heteroatoms. The van der Waals surface area contributed by atoms with Gasteiger partial charge >= 0.3 is 0 Å². The van der Waals surface area contributed by atoms with E-state index in [9.17, 15) is 4.79 Å². The van der Waals surface area contributed by atoms with Gasteiger partial charge in [-0.05, 0) is 42.9 Å². The first-order chi connectivity index (χ1) is 13.8. The van der Waals surface area contributed by atoms with E-state index in [0.717, 1.165) is 57.5 Å². The molecule has 0 aromatic heterocycles. The fourth-order valence-corrected chi connectivity index (χ4v) is 4.25. The van der Waals surface area contributed by atoms with E-state index >= 15 is 0 Å². The number of likely N-dealkylation sites (tertiary alicyclic amines) is 1. The Balaban J connectivity index is 1.29. The molecule has 1 atom stereocenters. The Bertz CT molecular complexity index is 777. The molecule has 0 N–H and O–H groups in total. The second-order valence-electron chi connectivity index (χ2n) is 7.89. The fraction of sp³-hybridized carbons (Fsp3) is 0.458. The lowest BCUT2D eigenvalue weighted by Gasteiger charge is -2.29. The molecule has 28 heavy (non-hydrogen) atoms. The van der Waals surface area contributed by atoms with E-state index < -0.39 is 0 Å². The molecule has 1 amide bonds. The minimum absolute atomic E-state index is 0.272. The third-order valence-corrected chi connectivity index (χ3v) is 5.86. The minimum atomic E-state index is 0.272. The van der Waals surface area contributed by atoms with Gasteiger partial charge in [0.05, 0.1) is 12.7 Å². The maximum atomic E-state index is 12.3. The summed E-state index contributed by atoms with van der Waals surface area (Å²) in [5.74, 6) is 0.272. The Kier molecular flexibility index (Phi) is 6.40. The third kappa shape index (κ3) is 4.81. The van der Waals surface area contributed by atoms with Gasteiger partial charge in [-0.2, -0.15) is 0 Å². The number of anilines is 1. The zero-order valence-corrected chi connectivity index (χ0v) is 16.6. The largest absolute Gasteiger partial charge is 0.372 e. The summed E-state index contributed by atoms with van der Waals surface area (Å²) < 4.78 is 6.11. The number of carbonyl (C=O) groups excluding carboxylic acids is 1. The molecule has 0 bridgehead atoms. The lowest BCUT2D eigenvalue weighted by atomic mass is 10.0. The minimum Gasteiger partial charge on any atom is -0.372 e. The molecule has 2 fully saturated rings. The zero-order chi connectivity index (χ0) is 19.2. The molecule has 4 nitrogen and oxygen atoms in total. The molecule has 2 heterocycles. The summed E-state index contributed by atoms with van der Waals surface area (Å²) in [5, 5.41) is 0. The van der Waals surface area contributed by atoms with Crippen molar-refractivity contribution in [2.24, 2.45) is 0 Å². The standard InChI is InChI=1S/C24H30N2O2/c27-24-12-6-7-15-26(24)23-11-5-4-10-21(23)13-16-25-17-14-22(18-25)28-19-20-8-2-1-3-9-20/h1-5,8-11,22H,6-7,12-19H2. The number of para-hydroxylation sites is 1. The molecule has 0 aliphatic carbocycles. The predicted octanol–water partition coefficient (Wildman–Crippen LogP) is 4.04. The molecule has 0 radical (unpaired) electrons. The molecular weight excluding hydrogens is 348 g/mol. The van der Waals surface area contributed by atoms with Gasteiger partial charge in [-0.25, -0.2) is 0 Å². The Morgan fingerprint density at radius 3 is 2.64 bits per heavy atom. The van der Waals surface area contributed by atoms with Crippen LogP contribution in [-0.2, 0) is 22.6 Å². The predicted molar refractivity (Wildman–Crippen MR) is 112 cm³/mol. The van der Waals surface area contributed by atoms with Crippen LogP contribution in [0.5, 0.6) is 0 Å². The zero-order valence-electron chi connectivity index (χ0n) is 16.6. The van der Waals surface area contributed by atoms with E-state index in [0.29, 0.717) is 19.1 Å². The van der Waals surface area contributed by atoms with E-state index in [4.69, 9.17) is 4.74 Å². The number of rotatable bonds is 7. The van der Waals surface area contributed by atoms with Crippen molar-refractivity contribution in [3.05, 3.63) is 65.7 Å². The van der Waals surface area contributed by atoms with E-state index in [1.807, 2.05) is 17.0 Å². The fourth-order valence-electron chi connectivity index (χ4n) is 4.25. The van der Waals surface area contributed by atoms with Crippen molar-refractivity contribution in [2.75, 3.05) is 31.1 Å². The van der Waals surface area contributed by atoms with E-state index in [1.165, 1.54) is 11.1 Å². The van der Waals surface area contributed by atoms with Gasteiger partial charge in [0.25, 0.3) is 0 Å². The van der Waals surface area contributed by atoms with Crippen molar-refractivity contribution in [3.63, 3.8) is 0 Å². The first-order valence-corrected chi connectivity index (χ1v) is 10.6. The summed E-state index contributed by atoms with van der Waals surface area (Å²) in [5.41, 5.74) is 3.63. The number of carbonyl (C=O) groups is 1. The highest BCUT2D eigenvalue weighted by Crippen LogP contribution is 2.26. The molecule has 2 aromatic carbocycles. The molecule has 4 rings (SSSR count). The molecule has 0 saturated carbocycles. The highest BCUT2D eigenvalue weighted by molar-refractivity contribution is 5.94. The normalized spacial score (nSPS) is 20.6. The van der Waals surface area contributed by atoms with Crippen LogP contribution in [0.2, 0.25) is 0 Å². The average molecular weight is 379 g/mol. The molecule has 148 valence electrons. The molecule has 2 aliphatic heterocycles. The number of hydrogen-bond donors (Lipinski definition) is 0. The Morgan fingerprint density at radius 2 is 1.79 bits per heavy atom. The summed E-state index contributed by atoms with van der Waals surface area (Å²) in [6.45, 7) is 4.65. The lowest BCUT2D eigenvalue weighted by molar-refractivity contribution is -0.119. The first kappa shape index (κ1) is 19.2. The number of hydrogen-bond acceptors (Lipinski definition) is 3. The van der Waals surface area contributed by atoms with Crippen LogP contribution in [0.3, 0.4) is 0 Å².